The molecule has 0 bridgehead atoms. The molecule has 0 aliphatic heterocycles. The highest BCUT2D eigenvalue weighted by Crippen LogP contribution is 2.35. The fourth-order valence-corrected chi connectivity index (χ4v) is 3.99. The normalized spacial score (nSPS) is 14.3. The number of carbonyl (C=O) groups is 1. The first-order valence-corrected chi connectivity index (χ1v) is 9.90. The summed E-state index contributed by atoms with van der Waals surface area (Å²) in [5.74, 6) is -0.0611. The number of anilines is 1. The zero-order valence-corrected chi connectivity index (χ0v) is 17.0. The molecule has 0 saturated carbocycles. The van der Waals surface area contributed by atoms with Gasteiger partial charge in [-0.2, -0.15) is 0 Å². The largest absolute Gasteiger partial charge is 0.363 e. The van der Waals surface area contributed by atoms with Crippen molar-refractivity contribution in [2.75, 3.05) is 5.32 Å². The van der Waals surface area contributed by atoms with E-state index in [-0.39, 0.29) is 11.8 Å². The highest BCUT2D eigenvalue weighted by molar-refractivity contribution is 6.33. The van der Waals surface area contributed by atoms with Crippen molar-refractivity contribution in [3.63, 3.8) is 0 Å². The topological polar surface area (TPSA) is 65.8 Å². The molecule has 150 valence electrons. The molecule has 4 rings (SSSR count). The molecule has 0 saturated heterocycles. The molecule has 0 spiro atoms. The van der Waals surface area contributed by atoms with Crippen LogP contribution in [-0.4, -0.2) is 23.0 Å². The molecule has 1 aliphatic carbocycles. The molecule has 30 heavy (non-hydrogen) atoms. The number of Topliss-reactive ketones (excluding diaryl/α,β-unsaturated/α-hetero) is 1. The van der Waals surface area contributed by atoms with Crippen LogP contribution in [-0.2, 0) is 6.42 Å². The van der Waals surface area contributed by atoms with Crippen molar-refractivity contribution in [2.24, 2.45) is 0 Å². The summed E-state index contributed by atoms with van der Waals surface area (Å²) in [7, 11) is 0. The molecule has 1 heterocycles. The number of ketones is 1. The maximum atomic E-state index is 14.0. The minimum absolute atomic E-state index is 0.127. The van der Waals surface area contributed by atoms with Crippen LogP contribution in [0.3, 0.4) is 0 Å². The van der Waals surface area contributed by atoms with Gasteiger partial charge >= 0.3 is 0 Å². The van der Waals surface area contributed by atoms with Gasteiger partial charge in [0.05, 0.1) is 10.6 Å². The van der Waals surface area contributed by atoms with Crippen molar-refractivity contribution < 1.29 is 9.18 Å². The van der Waals surface area contributed by atoms with Crippen molar-refractivity contribution in [1.29, 1.82) is 5.41 Å². The lowest BCUT2D eigenvalue weighted by atomic mass is 9.79. The highest BCUT2D eigenvalue weighted by Gasteiger charge is 2.29. The second-order valence-corrected chi connectivity index (χ2v) is 7.55. The van der Waals surface area contributed by atoms with Gasteiger partial charge in [-0.15, -0.1) is 0 Å². The van der Waals surface area contributed by atoms with E-state index in [2.05, 4.69) is 10.3 Å². The number of hydrogen-bond acceptors (Lipinski definition) is 4. The van der Waals surface area contributed by atoms with E-state index in [1.807, 2.05) is 25.1 Å². The quantitative estimate of drug-likeness (QED) is 0.531. The maximum Gasteiger partial charge on any atom is 0.193 e. The van der Waals surface area contributed by atoms with E-state index in [0.717, 1.165) is 17.4 Å². The lowest BCUT2D eigenvalue weighted by Gasteiger charge is -2.28. The molecule has 1 aromatic heterocycles. The lowest BCUT2D eigenvalue weighted by molar-refractivity contribution is 0.105. The molecule has 6 heteroatoms. The number of allylic oxidation sites excluding steroid dienone is 1. The van der Waals surface area contributed by atoms with Crippen molar-refractivity contribution in [1.82, 2.24) is 4.98 Å². The molecule has 3 aromatic rings. The number of aromatic nitrogens is 1. The Bertz CT molecular complexity index is 1190. The Balaban J connectivity index is 1.83. The van der Waals surface area contributed by atoms with E-state index in [0.29, 0.717) is 39.5 Å². The summed E-state index contributed by atoms with van der Waals surface area (Å²) in [4.78, 5) is 17.7. The Hall–Kier alpha value is -3.31. The monoisotopic (exact) mass is 419 g/mol. The fraction of sp³-hybridized carbons (Fsp3) is 0.125. The Kier molecular flexibility index (Phi) is 5.46. The molecular formula is C24H19ClFN3O. The summed E-state index contributed by atoms with van der Waals surface area (Å²) in [5.41, 5.74) is 3.91. The number of hydrogen-bond donors (Lipinski definition) is 2. The third-order valence-electron chi connectivity index (χ3n) is 5.26. The van der Waals surface area contributed by atoms with Crippen molar-refractivity contribution in [2.45, 2.75) is 19.4 Å². The third kappa shape index (κ3) is 3.64. The molecule has 0 radical (unpaired) electrons. The molecular weight excluding hydrogens is 401 g/mol. The van der Waals surface area contributed by atoms with Gasteiger partial charge in [0.1, 0.15) is 11.6 Å². The van der Waals surface area contributed by atoms with Crippen LogP contribution in [0.5, 0.6) is 0 Å². The number of benzene rings is 2. The molecule has 2 N–H and O–H groups in total. The number of nitrogens with zero attached hydrogens (tertiary/aromatic N) is 1. The maximum absolute atomic E-state index is 14.0. The van der Waals surface area contributed by atoms with Crippen LogP contribution in [0, 0.1) is 11.2 Å². The number of carbonyl (C=O) groups excluding carboxylic acids is 1. The van der Waals surface area contributed by atoms with Gasteiger partial charge in [-0.25, -0.2) is 9.37 Å². The lowest BCUT2D eigenvalue weighted by Crippen LogP contribution is -2.27. The van der Waals surface area contributed by atoms with Crippen LogP contribution in [0.2, 0.25) is 5.02 Å². The summed E-state index contributed by atoms with van der Waals surface area (Å²) in [6.07, 6.45) is 3.25. The summed E-state index contributed by atoms with van der Waals surface area (Å²) >= 11 is 6.19. The second-order valence-electron chi connectivity index (χ2n) is 7.14. The summed E-state index contributed by atoms with van der Waals surface area (Å²) in [6.45, 7) is 1.92. The summed E-state index contributed by atoms with van der Waals surface area (Å²) in [6, 6.07) is 14.9. The Morgan fingerprint density at radius 3 is 2.77 bits per heavy atom. The zero-order chi connectivity index (χ0) is 21.3. The SMILES string of the molecule is CC(Nc1nccc(Cl)c1C=N)C1=C(c2cccc(F)c2)C(=O)c2ccccc2C1. The van der Waals surface area contributed by atoms with E-state index in [1.54, 1.807) is 30.5 Å². The number of nitrogens with one attached hydrogen (secondary N) is 2. The van der Waals surface area contributed by atoms with Crippen LogP contribution >= 0.6 is 11.6 Å². The van der Waals surface area contributed by atoms with E-state index in [1.165, 1.54) is 12.1 Å². The van der Waals surface area contributed by atoms with Crippen molar-refractivity contribution >= 4 is 35.0 Å². The van der Waals surface area contributed by atoms with E-state index in [4.69, 9.17) is 17.0 Å². The van der Waals surface area contributed by atoms with Gasteiger partial charge in [-0.05, 0) is 48.2 Å². The molecule has 1 aliphatic rings. The first kappa shape index (κ1) is 20.0. The Morgan fingerprint density at radius 1 is 1.20 bits per heavy atom. The third-order valence-corrected chi connectivity index (χ3v) is 5.59. The van der Waals surface area contributed by atoms with Crippen LogP contribution in [0.4, 0.5) is 10.2 Å². The Morgan fingerprint density at radius 2 is 2.00 bits per heavy atom. The van der Waals surface area contributed by atoms with Crippen LogP contribution in [0.15, 0.2) is 66.4 Å². The standard InChI is InChI=1S/C24H19ClFN3O/c1-14(29-24-20(13-27)21(25)9-10-28-24)19-12-15-5-2-3-8-18(15)23(30)22(19)16-6-4-7-17(26)11-16/h2-11,13-14,27H,12H2,1H3,(H,28,29). The van der Waals surface area contributed by atoms with Crippen molar-refractivity contribution in [3.8, 4) is 0 Å². The van der Waals surface area contributed by atoms with Crippen molar-refractivity contribution in [3.05, 3.63) is 99.5 Å². The van der Waals surface area contributed by atoms with Gasteiger partial charge in [0.25, 0.3) is 0 Å². The minimum Gasteiger partial charge on any atom is -0.363 e. The van der Waals surface area contributed by atoms with Gasteiger partial charge in [-0.3, -0.25) is 4.79 Å². The van der Waals surface area contributed by atoms with Gasteiger partial charge < -0.3 is 10.7 Å². The molecule has 1 unspecified atom stereocenters. The number of halogens is 2. The van der Waals surface area contributed by atoms with E-state index >= 15 is 0 Å². The average molecular weight is 420 g/mol. The minimum atomic E-state index is -0.394. The van der Waals surface area contributed by atoms with E-state index in [9.17, 15) is 9.18 Å². The summed E-state index contributed by atoms with van der Waals surface area (Å²) in [5, 5.41) is 11.3. The molecule has 0 amide bonds. The van der Waals surface area contributed by atoms with Gasteiger partial charge in [0.2, 0.25) is 0 Å². The van der Waals surface area contributed by atoms with Gasteiger partial charge in [-0.1, -0.05) is 48.0 Å². The average Bonchev–Trinajstić information content (AvgIpc) is 2.74. The van der Waals surface area contributed by atoms with Gasteiger partial charge in [0.15, 0.2) is 5.78 Å². The fourth-order valence-electron chi connectivity index (χ4n) is 3.79. The number of rotatable bonds is 5. The first-order chi connectivity index (χ1) is 14.5. The smallest absolute Gasteiger partial charge is 0.193 e. The molecule has 1 atom stereocenters. The molecule has 4 nitrogen and oxygen atoms in total. The van der Waals surface area contributed by atoms with Crippen LogP contribution in [0.25, 0.3) is 5.57 Å². The number of fused-ring (bicyclic) bond motifs is 1. The molecule has 0 fully saturated rings. The van der Waals surface area contributed by atoms with E-state index < -0.39 is 5.82 Å². The predicted octanol–water partition coefficient (Wildman–Crippen LogP) is 5.56. The predicted molar refractivity (Wildman–Crippen MR) is 118 cm³/mol. The molecule has 2 aromatic carbocycles. The Labute approximate surface area is 178 Å². The highest BCUT2D eigenvalue weighted by atomic mass is 35.5. The zero-order valence-electron chi connectivity index (χ0n) is 16.2. The van der Waals surface area contributed by atoms with Crippen LogP contribution in [0.1, 0.15) is 34.0 Å². The van der Waals surface area contributed by atoms with Crippen LogP contribution < -0.4 is 5.32 Å². The van der Waals surface area contributed by atoms with Gasteiger partial charge in [0, 0.05) is 29.6 Å². The second kappa shape index (κ2) is 8.20. The number of pyridine rings is 1. The summed E-state index contributed by atoms with van der Waals surface area (Å²) < 4.78 is 14.0. The first-order valence-electron chi connectivity index (χ1n) is 9.52.